The van der Waals surface area contributed by atoms with Crippen LogP contribution in [-0.4, -0.2) is 69.6 Å². The molecule has 6 aliphatic rings. The summed E-state index contributed by atoms with van der Waals surface area (Å²) in [7, 11) is 0. The smallest absolute Gasteiger partial charge is 0.351 e. The highest BCUT2D eigenvalue weighted by Gasteiger charge is 2.49. The largest absolute Gasteiger partial charge is 0.457 e. The molecule has 3 N–H and O–H groups in total. The van der Waals surface area contributed by atoms with Gasteiger partial charge < -0.3 is 19.7 Å². The number of guanidine groups is 2. The highest BCUT2D eigenvalue weighted by Crippen LogP contribution is 2.40. The van der Waals surface area contributed by atoms with Crippen molar-refractivity contribution in [3.8, 4) is 0 Å². The van der Waals surface area contributed by atoms with Gasteiger partial charge in [0, 0.05) is 24.6 Å². The second-order valence-electron chi connectivity index (χ2n) is 22.2. The minimum absolute atomic E-state index is 0.0259. The van der Waals surface area contributed by atoms with Gasteiger partial charge in [-0.15, -0.1) is 0 Å². The lowest BCUT2D eigenvalue weighted by Crippen LogP contribution is -2.59. The van der Waals surface area contributed by atoms with Crippen LogP contribution in [0.2, 0.25) is 0 Å². The Bertz CT molecular complexity index is 1920. The van der Waals surface area contributed by atoms with Gasteiger partial charge >= 0.3 is 17.9 Å². The number of hydrogen-bond acceptors (Lipinski definition) is 9. The van der Waals surface area contributed by atoms with Crippen molar-refractivity contribution >= 4 is 23.9 Å². The zero-order valence-electron chi connectivity index (χ0n) is 44.7. The van der Waals surface area contributed by atoms with Crippen LogP contribution in [0.15, 0.2) is 51.8 Å². The minimum atomic E-state index is -0.204. The number of unbranched alkanes of at least 4 members (excludes halogenated alkanes) is 20. The van der Waals surface area contributed by atoms with Gasteiger partial charge in [-0.05, 0) is 75.3 Å². The summed E-state index contributed by atoms with van der Waals surface area (Å²) < 4.78 is 14.9. The number of nitrogens with one attached hydrogen (secondary N) is 3. The van der Waals surface area contributed by atoms with Crippen LogP contribution in [0, 0.1) is 0 Å². The predicted octanol–water partition coefficient (Wildman–Crippen LogP) is 13.7. The third-order valence-corrected chi connectivity index (χ3v) is 16.7. The SMILES string of the molecule is CCCCCCCCCC1=C(C(=O)OCc2ccc(COC(=O)C3=C(CCCCCCCCC)NC4=[N+]5[C@H](CC[C@@H]35)C[C@H](CCCCCCC)N4)cc2)[C@@H]2CC[C@@H]3C[C@H](CCCCCCC)N=C(N1)N32. The summed E-state index contributed by atoms with van der Waals surface area (Å²) in [5, 5.41) is 11.5. The van der Waals surface area contributed by atoms with Gasteiger partial charge in [0.15, 0.2) is 5.96 Å². The summed E-state index contributed by atoms with van der Waals surface area (Å²) in [5.74, 6) is 1.73. The Hall–Kier alpha value is -3.82. The van der Waals surface area contributed by atoms with Crippen molar-refractivity contribution in [2.75, 3.05) is 0 Å². The van der Waals surface area contributed by atoms with Gasteiger partial charge in [-0.2, -0.15) is 0 Å². The number of esters is 2. The average molecular weight is 966 g/mol. The van der Waals surface area contributed by atoms with Crippen LogP contribution in [0.25, 0.3) is 0 Å². The lowest BCUT2D eigenvalue weighted by Gasteiger charge is -2.43. The number of carbonyl (C=O) groups excluding carboxylic acids is 2. The molecule has 1 aromatic carbocycles. The molecule has 0 saturated carbocycles. The molecule has 0 amide bonds. The molecule has 0 spiro atoms. The van der Waals surface area contributed by atoms with Gasteiger partial charge in [-0.3, -0.25) is 9.89 Å². The molecule has 70 heavy (non-hydrogen) atoms. The van der Waals surface area contributed by atoms with Gasteiger partial charge in [0.1, 0.15) is 24.8 Å². The summed E-state index contributed by atoms with van der Waals surface area (Å²) >= 11 is 0. The van der Waals surface area contributed by atoms with E-state index in [9.17, 15) is 9.59 Å². The van der Waals surface area contributed by atoms with E-state index in [1.54, 1.807) is 0 Å². The summed E-state index contributed by atoms with van der Waals surface area (Å²) in [6, 6.07) is 9.87. The maximum absolute atomic E-state index is 14.3. The first kappa shape index (κ1) is 54.0. The van der Waals surface area contributed by atoms with E-state index in [0.717, 1.165) is 116 Å². The summed E-state index contributed by atoms with van der Waals surface area (Å²) in [5.41, 5.74) is 5.62. The van der Waals surface area contributed by atoms with Gasteiger partial charge in [0.25, 0.3) is 0 Å². The van der Waals surface area contributed by atoms with E-state index in [0.29, 0.717) is 24.2 Å². The fourth-order valence-corrected chi connectivity index (χ4v) is 12.7. The van der Waals surface area contributed by atoms with Crippen molar-refractivity contribution in [2.24, 2.45) is 4.99 Å². The topological polar surface area (TPSA) is 107 Å². The molecule has 2 saturated heterocycles. The molecule has 390 valence electrons. The number of rotatable bonds is 34. The fraction of sp³-hybridized carbons (Fsp3) is 0.767. The minimum Gasteiger partial charge on any atom is -0.457 e. The van der Waals surface area contributed by atoms with Gasteiger partial charge in [0.2, 0.25) is 0 Å². The number of aliphatic imine (C=N–C) groups is 1. The van der Waals surface area contributed by atoms with Crippen molar-refractivity contribution in [2.45, 2.75) is 295 Å². The molecule has 0 radical (unpaired) electrons. The lowest BCUT2D eigenvalue weighted by atomic mass is 9.96. The van der Waals surface area contributed by atoms with Gasteiger partial charge in [0.05, 0.1) is 35.4 Å². The molecule has 0 aliphatic carbocycles. The van der Waals surface area contributed by atoms with Crippen molar-refractivity contribution in [3.05, 3.63) is 57.9 Å². The molecule has 6 heterocycles. The lowest BCUT2D eigenvalue weighted by molar-refractivity contribution is -0.580. The zero-order chi connectivity index (χ0) is 48.9. The second-order valence-corrected chi connectivity index (χ2v) is 22.2. The third-order valence-electron chi connectivity index (χ3n) is 16.7. The molecule has 7 rings (SSSR count). The van der Waals surface area contributed by atoms with Crippen LogP contribution >= 0.6 is 0 Å². The van der Waals surface area contributed by atoms with E-state index in [1.807, 2.05) is 24.3 Å². The third kappa shape index (κ3) is 15.1. The number of nitrogens with zero attached hydrogens (tertiary/aromatic N) is 3. The zero-order valence-corrected chi connectivity index (χ0v) is 44.7. The Balaban J connectivity index is 0.962. The molecule has 6 aliphatic heterocycles. The Labute approximate surface area is 425 Å². The maximum Gasteiger partial charge on any atom is 0.351 e. The van der Waals surface area contributed by atoms with Crippen molar-refractivity contribution in [1.82, 2.24) is 20.9 Å². The van der Waals surface area contributed by atoms with Crippen LogP contribution in [0.3, 0.4) is 0 Å². The fourth-order valence-electron chi connectivity index (χ4n) is 12.7. The molecule has 10 nitrogen and oxygen atoms in total. The van der Waals surface area contributed by atoms with Crippen LogP contribution in [-0.2, 0) is 32.3 Å². The molecule has 0 bridgehead atoms. The maximum atomic E-state index is 14.3. The molecule has 0 aromatic heterocycles. The number of benzene rings is 1. The van der Waals surface area contributed by atoms with Crippen LogP contribution in [0.5, 0.6) is 0 Å². The van der Waals surface area contributed by atoms with E-state index in [-0.39, 0.29) is 37.2 Å². The Morgan fingerprint density at radius 3 is 1.69 bits per heavy atom. The van der Waals surface area contributed by atoms with Crippen molar-refractivity contribution < 1.29 is 23.6 Å². The van der Waals surface area contributed by atoms with Crippen molar-refractivity contribution in [3.63, 3.8) is 0 Å². The van der Waals surface area contributed by atoms with Gasteiger partial charge in [-0.25, -0.2) is 19.9 Å². The normalized spacial score (nSPS) is 23.4. The first-order valence-electron chi connectivity index (χ1n) is 29.6. The molecule has 0 unspecified atom stereocenters. The Morgan fingerprint density at radius 2 is 1.10 bits per heavy atom. The molecule has 1 aromatic rings. The first-order chi connectivity index (χ1) is 34.4. The second kappa shape index (κ2) is 29.0. The monoisotopic (exact) mass is 966 g/mol. The highest BCUT2D eigenvalue weighted by atomic mass is 16.5. The van der Waals surface area contributed by atoms with E-state index < -0.39 is 0 Å². The summed E-state index contributed by atoms with van der Waals surface area (Å²) in [6.45, 7) is 9.51. The van der Waals surface area contributed by atoms with Crippen LogP contribution < -0.4 is 16.0 Å². The molecule has 10 heteroatoms. The standard InChI is InChI=1S/C60H96N6O4/c1-5-9-13-17-19-23-27-31-51-55(53-39-37-49-41-47(29-25-21-15-11-7-3)61-59(63-51)65(49)53)57(67)69-43-45-33-35-46(36-34-45)44-70-58(68)56-52(32-28-24-20-18-14-10-6-2)64-60-62-48(30-26-22-16-12-8-4)42-50-38-40-54(56)66(50)60/h33-36,47-50,53-54H,5-32,37-44H2,1-4H3,(H2,61,62,63,64,67,68)/p+1/t47-,48-,49+,50+,53-,54-/m0/s1. The molecule has 2 fully saturated rings. The van der Waals surface area contributed by atoms with E-state index in [1.165, 1.54) is 148 Å². The highest BCUT2D eigenvalue weighted by molar-refractivity contribution is 5.97. The quantitative estimate of drug-likeness (QED) is 0.0356. The summed E-state index contributed by atoms with van der Waals surface area (Å²) in [4.78, 5) is 36.3. The number of hydrogen-bond donors (Lipinski definition) is 3. The summed E-state index contributed by atoms with van der Waals surface area (Å²) in [6.07, 6.45) is 40.8. The van der Waals surface area contributed by atoms with E-state index in [2.05, 4.69) is 53.1 Å². The Morgan fingerprint density at radius 1 is 0.586 bits per heavy atom. The number of allylic oxidation sites excluding steroid dienone is 2. The average Bonchev–Trinajstić information content (AvgIpc) is 4.00. The number of carbonyl (C=O) groups is 2. The Kier molecular flexibility index (Phi) is 22.4. The van der Waals surface area contributed by atoms with Crippen LogP contribution in [0.4, 0.5) is 0 Å². The number of ether oxygens (including phenoxy) is 2. The first-order valence-corrected chi connectivity index (χ1v) is 29.6. The molecule has 6 atom stereocenters. The van der Waals surface area contributed by atoms with E-state index in [4.69, 9.17) is 14.5 Å². The molecular weight excluding hydrogens is 869 g/mol. The van der Waals surface area contributed by atoms with Gasteiger partial charge in [-0.1, -0.05) is 193 Å². The molecular formula is C60H97N6O4+. The van der Waals surface area contributed by atoms with Crippen molar-refractivity contribution in [1.29, 1.82) is 0 Å². The van der Waals surface area contributed by atoms with E-state index >= 15 is 0 Å². The predicted molar refractivity (Wildman–Crippen MR) is 286 cm³/mol. The van der Waals surface area contributed by atoms with Crippen LogP contribution in [0.1, 0.15) is 257 Å².